The number of hydrogen-bond donors (Lipinski definition) is 3. The Balaban J connectivity index is 1.78. The van der Waals surface area contributed by atoms with Gasteiger partial charge in [0.1, 0.15) is 11.4 Å². The van der Waals surface area contributed by atoms with Crippen LogP contribution in [0.25, 0.3) is 0 Å². The van der Waals surface area contributed by atoms with Crippen molar-refractivity contribution in [3.05, 3.63) is 47.8 Å². The average molecular weight is 374 g/mol. The van der Waals surface area contributed by atoms with Crippen LogP contribution in [0.15, 0.2) is 41.7 Å². The molecule has 1 heterocycles. The lowest BCUT2D eigenvalue weighted by atomic mass is 10.0. The third-order valence-corrected chi connectivity index (χ3v) is 4.12. The van der Waals surface area contributed by atoms with E-state index in [2.05, 4.69) is 27.6 Å². The minimum Gasteiger partial charge on any atom is -0.494 e. The van der Waals surface area contributed by atoms with E-state index in [1.54, 1.807) is 24.0 Å². The maximum Gasteiger partial charge on any atom is 0.191 e. The van der Waals surface area contributed by atoms with Crippen molar-refractivity contribution in [2.24, 2.45) is 12.0 Å². The topological polar surface area (TPSA) is 83.7 Å². The second-order valence-corrected chi connectivity index (χ2v) is 6.81. The highest BCUT2D eigenvalue weighted by molar-refractivity contribution is 5.79. The first-order chi connectivity index (χ1) is 12.9. The molecule has 7 heteroatoms. The third kappa shape index (κ3) is 6.94. The van der Waals surface area contributed by atoms with E-state index in [4.69, 9.17) is 4.74 Å². The van der Waals surface area contributed by atoms with Gasteiger partial charge in [-0.15, -0.1) is 0 Å². The third-order valence-electron chi connectivity index (χ3n) is 4.12. The lowest BCUT2D eigenvalue weighted by Crippen LogP contribution is -2.39. The molecule has 3 N–H and O–H groups in total. The summed E-state index contributed by atoms with van der Waals surface area (Å²) in [5.41, 5.74) is 0.902. The maximum atomic E-state index is 10.6. The summed E-state index contributed by atoms with van der Waals surface area (Å²) in [6.07, 6.45) is 4.31. The first-order valence-electron chi connectivity index (χ1n) is 9.34. The summed E-state index contributed by atoms with van der Waals surface area (Å²) in [6, 6.07) is 8.04. The highest BCUT2D eigenvalue weighted by Gasteiger charge is 2.24. The molecule has 2 aromatic rings. The minimum absolute atomic E-state index is 0.244. The van der Waals surface area contributed by atoms with Gasteiger partial charge in [-0.05, 0) is 39.3 Å². The molecule has 0 amide bonds. The Morgan fingerprint density at radius 3 is 2.67 bits per heavy atom. The lowest BCUT2D eigenvalue weighted by Gasteiger charge is -2.20. The highest BCUT2D eigenvalue weighted by atomic mass is 16.5. The Hall–Kier alpha value is -2.54. The summed E-state index contributed by atoms with van der Waals surface area (Å²) in [7, 11) is 1.83. The number of benzene rings is 1. The van der Waals surface area contributed by atoms with Crippen LogP contribution in [-0.2, 0) is 12.6 Å². The molecule has 1 unspecified atom stereocenters. The molecule has 0 aliphatic rings. The van der Waals surface area contributed by atoms with E-state index in [-0.39, 0.29) is 6.54 Å². The van der Waals surface area contributed by atoms with Gasteiger partial charge in [0, 0.05) is 31.9 Å². The first-order valence-corrected chi connectivity index (χ1v) is 9.34. The van der Waals surface area contributed by atoms with Gasteiger partial charge < -0.3 is 20.5 Å². The van der Waals surface area contributed by atoms with Crippen molar-refractivity contribution in [1.29, 1.82) is 0 Å². The van der Waals surface area contributed by atoms with Gasteiger partial charge in [-0.2, -0.15) is 5.10 Å². The summed E-state index contributed by atoms with van der Waals surface area (Å²) in [6.45, 7) is 8.16. The standard InChI is InChI=1S/C20H31N5O2/c1-5-21-19(23-15-20(3,26)17-13-24-25(4)14-17)22-11-6-12-27-18-9-7-16(2)8-10-18/h7-10,13-14,26H,5-6,11-12,15H2,1-4H3,(H2,21,22,23). The Bertz CT molecular complexity index is 722. The molecule has 0 spiro atoms. The van der Waals surface area contributed by atoms with E-state index in [0.717, 1.165) is 30.8 Å². The van der Waals surface area contributed by atoms with Gasteiger partial charge in [0.25, 0.3) is 0 Å². The number of aliphatic hydroxyl groups is 1. The van der Waals surface area contributed by atoms with Gasteiger partial charge in [-0.1, -0.05) is 17.7 Å². The molecule has 1 aromatic heterocycles. The number of aromatic nitrogens is 2. The lowest BCUT2D eigenvalue weighted by molar-refractivity contribution is 0.0672. The van der Waals surface area contributed by atoms with Crippen LogP contribution in [0.5, 0.6) is 5.75 Å². The Labute approximate surface area is 161 Å². The molecule has 148 valence electrons. The second kappa shape index (κ2) is 9.97. The van der Waals surface area contributed by atoms with Crippen molar-refractivity contribution in [2.45, 2.75) is 32.8 Å². The smallest absolute Gasteiger partial charge is 0.191 e. The number of rotatable bonds is 9. The molecule has 0 radical (unpaired) electrons. The van der Waals surface area contributed by atoms with E-state index < -0.39 is 5.60 Å². The summed E-state index contributed by atoms with van der Waals surface area (Å²) in [5.74, 6) is 1.56. The van der Waals surface area contributed by atoms with Crippen molar-refractivity contribution in [3.8, 4) is 5.75 Å². The highest BCUT2D eigenvalue weighted by Crippen LogP contribution is 2.19. The van der Waals surface area contributed by atoms with Crippen LogP contribution in [-0.4, -0.2) is 47.1 Å². The molecule has 1 aromatic carbocycles. The predicted molar refractivity (Wildman–Crippen MR) is 108 cm³/mol. The number of nitrogens with one attached hydrogen (secondary N) is 2. The molecular weight excluding hydrogens is 342 g/mol. The molecule has 2 rings (SSSR count). The largest absolute Gasteiger partial charge is 0.494 e. The van der Waals surface area contributed by atoms with Crippen LogP contribution < -0.4 is 15.4 Å². The number of ether oxygens (including phenoxy) is 1. The number of nitrogens with zero attached hydrogens (tertiary/aromatic N) is 3. The van der Waals surface area contributed by atoms with E-state index in [1.165, 1.54) is 5.56 Å². The zero-order valence-corrected chi connectivity index (χ0v) is 16.7. The molecule has 0 bridgehead atoms. The summed E-state index contributed by atoms with van der Waals surface area (Å²) < 4.78 is 7.40. The fraction of sp³-hybridized carbons (Fsp3) is 0.500. The minimum atomic E-state index is -1.06. The molecule has 0 saturated heterocycles. The molecule has 0 saturated carbocycles. The molecular formula is C20H31N5O2. The Morgan fingerprint density at radius 2 is 2.04 bits per heavy atom. The van der Waals surface area contributed by atoms with Gasteiger partial charge in [0.2, 0.25) is 0 Å². The van der Waals surface area contributed by atoms with Crippen LogP contribution >= 0.6 is 0 Å². The van der Waals surface area contributed by atoms with Crippen LogP contribution in [0.1, 0.15) is 31.4 Å². The van der Waals surface area contributed by atoms with Crippen molar-refractivity contribution >= 4 is 5.96 Å². The van der Waals surface area contributed by atoms with Crippen LogP contribution in [0.4, 0.5) is 0 Å². The van der Waals surface area contributed by atoms with Gasteiger partial charge in [-0.25, -0.2) is 4.99 Å². The van der Waals surface area contributed by atoms with E-state index in [9.17, 15) is 5.11 Å². The molecule has 27 heavy (non-hydrogen) atoms. The normalized spacial score (nSPS) is 13.9. The van der Waals surface area contributed by atoms with Crippen molar-refractivity contribution in [2.75, 3.05) is 26.2 Å². The van der Waals surface area contributed by atoms with Crippen molar-refractivity contribution < 1.29 is 9.84 Å². The number of aliphatic imine (C=N–C) groups is 1. The fourth-order valence-corrected chi connectivity index (χ4v) is 2.47. The Morgan fingerprint density at radius 1 is 1.30 bits per heavy atom. The van der Waals surface area contributed by atoms with Crippen molar-refractivity contribution in [1.82, 2.24) is 20.4 Å². The quantitative estimate of drug-likeness (QED) is 0.356. The summed E-state index contributed by atoms with van der Waals surface area (Å²) in [5, 5.41) is 21.2. The van der Waals surface area contributed by atoms with E-state index in [0.29, 0.717) is 12.6 Å². The van der Waals surface area contributed by atoms with E-state index >= 15 is 0 Å². The SMILES string of the molecule is CCNC(=NCC(C)(O)c1cnn(C)c1)NCCCOc1ccc(C)cc1. The Kier molecular flexibility index (Phi) is 7.67. The van der Waals surface area contributed by atoms with Gasteiger partial charge in [0.05, 0.1) is 19.3 Å². The zero-order valence-electron chi connectivity index (χ0n) is 16.7. The zero-order chi connectivity index (χ0) is 19.7. The second-order valence-electron chi connectivity index (χ2n) is 6.81. The van der Waals surface area contributed by atoms with Crippen molar-refractivity contribution in [3.63, 3.8) is 0 Å². The number of hydrogen-bond acceptors (Lipinski definition) is 4. The maximum absolute atomic E-state index is 10.6. The average Bonchev–Trinajstić information content (AvgIpc) is 3.08. The van der Waals surface area contributed by atoms with Gasteiger partial charge in [0.15, 0.2) is 5.96 Å². The monoisotopic (exact) mass is 373 g/mol. The predicted octanol–water partition coefficient (Wildman–Crippen LogP) is 1.96. The molecule has 0 aliphatic heterocycles. The number of aryl methyl sites for hydroxylation is 2. The first kappa shape index (κ1) is 20.8. The van der Waals surface area contributed by atoms with Crippen LogP contribution in [0, 0.1) is 6.92 Å². The van der Waals surface area contributed by atoms with Gasteiger partial charge in [-0.3, -0.25) is 4.68 Å². The summed E-state index contributed by atoms with van der Waals surface area (Å²) >= 11 is 0. The summed E-state index contributed by atoms with van der Waals surface area (Å²) in [4.78, 5) is 4.50. The molecule has 0 aliphatic carbocycles. The van der Waals surface area contributed by atoms with Crippen LogP contribution in [0.2, 0.25) is 0 Å². The fourth-order valence-electron chi connectivity index (χ4n) is 2.47. The van der Waals surface area contributed by atoms with Crippen LogP contribution in [0.3, 0.4) is 0 Å². The molecule has 0 fully saturated rings. The van der Waals surface area contributed by atoms with Gasteiger partial charge >= 0.3 is 0 Å². The van der Waals surface area contributed by atoms with E-state index in [1.807, 2.05) is 38.2 Å². The number of guanidine groups is 1. The molecule has 7 nitrogen and oxygen atoms in total. The molecule has 1 atom stereocenters.